The maximum atomic E-state index is 13.4. The number of hydrogen-bond donors (Lipinski definition) is 6. The van der Waals surface area contributed by atoms with Gasteiger partial charge in [-0.15, -0.1) is 0 Å². The summed E-state index contributed by atoms with van der Waals surface area (Å²) in [4.78, 5) is 26.5. The lowest BCUT2D eigenvalue weighted by atomic mass is 9.99. The Morgan fingerprint density at radius 1 is 0.520 bits per heavy atom. The van der Waals surface area contributed by atoms with Crippen LogP contribution in [0, 0.1) is 0 Å². The lowest BCUT2D eigenvalue weighted by Crippen LogP contribution is -2.61. The van der Waals surface area contributed by atoms with Crippen LogP contribution in [0.3, 0.4) is 0 Å². The lowest BCUT2D eigenvalue weighted by Gasteiger charge is -2.41. The number of aliphatic hydroxyl groups excluding tert-OH is 5. The normalized spacial score (nSPS) is 19.6. The van der Waals surface area contributed by atoms with Crippen molar-refractivity contribution in [1.82, 2.24) is 5.32 Å². The fourth-order valence-electron chi connectivity index (χ4n) is 9.46. The van der Waals surface area contributed by atoms with Crippen molar-refractivity contribution in [2.45, 2.75) is 320 Å². The highest BCUT2D eigenvalue weighted by Crippen LogP contribution is 2.26. The zero-order valence-corrected chi connectivity index (χ0v) is 48.2. The topological polar surface area (TPSA) is 175 Å². The summed E-state index contributed by atoms with van der Waals surface area (Å²) in [5.41, 5.74) is 0. The Morgan fingerprint density at radius 2 is 0.920 bits per heavy atom. The molecule has 8 atom stereocenters. The van der Waals surface area contributed by atoms with Gasteiger partial charge in [-0.05, 0) is 70.6 Å². The maximum Gasteiger partial charge on any atom is 0.306 e. The second-order valence-corrected chi connectivity index (χ2v) is 21.4. The Hall–Kier alpha value is -2.64. The van der Waals surface area contributed by atoms with Crippen molar-refractivity contribution in [3.8, 4) is 0 Å². The minimum absolute atomic E-state index is 0.102. The number of allylic oxidation sites excluding steroid dienone is 9. The van der Waals surface area contributed by atoms with Crippen molar-refractivity contribution >= 4 is 11.9 Å². The molecular weight excluding hydrogens is 943 g/mol. The van der Waals surface area contributed by atoms with Gasteiger partial charge in [-0.25, -0.2) is 0 Å². The third-order valence-corrected chi connectivity index (χ3v) is 14.4. The largest absolute Gasteiger partial charge is 0.454 e. The van der Waals surface area contributed by atoms with Crippen LogP contribution < -0.4 is 5.32 Å². The minimum atomic E-state index is -1.62. The van der Waals surface area contributed by atoms with Crippen LogP contribution in [-0.2, 0) is 23.8 Å². The number of unbranched alkanes of at least 4 members (excludes halogenated alkanes) is 30. The molecule has 0 aromatic heterocycles. The number of ether oxygens (including phenoxy) is 3. The molecule has 0 aromatic rings. The molecule has 0 radical (unpaired) electrons. The summed E-state index contributed by atoms with van der Waals surface area (Å²) in [6.07, 6.45) is 53.9. The summed E-state index contributed by atoms with van der Waals surface area (Å²) in [7, 11) is 0. The molecule has 1 aliphatic heterocycles. The van der Waals surface area contributed by atoms with Crippen LogP contribution in [-0.4, -0.2) is 99.6 Å². The van der Waals surface area contributed by atoms with E-state index in [1.807, 2.05) is 6.08 Å². The van der Waals surface area contributed by atoms with E-state index in [-0.39, 0.29) is 13.0 Å². The molecule has 1 fully saturated rings. The number of amides is 1. The van der Waals surface area contributed by atoms with Gasteiger partial charge in [0.15, 0.2) is 12.4 Å². The van der Waals surface area contributed by atoms with Crippen LogP contribution in [0.5, 0.6) is 0 Å². The quantitative estimate of drug-likeness (QED) is 0.0195. The first kappa shape index (κ1) is 70.4. The Kier molecular flexibility index (Phi) is 48.9. The van der Waals surface area contributed by atoms with Crippen molar-refractivity contribution in [2.24, 2.45) is 0 Å². The van der Waals surface area contributed by atoms with Gasteiger partial charge in [0.25, 0.3) is 0 Å². The molecule has 0 saturated carbocycles. The van der Waals surface area contributed by atoms with E-state index < -0.39 is 67.4 Å². The van der Waals surface area contributed by atoms with E-state index in [9.17, 15) is 35.1 Å². The van der Waals surface area contributed by atoms with Crippen LogP contribution in [0.15, 0.2) is 60.8 Å². The van der Waals surface area contributed by atoms with Gasteiger partial charge in [0, 0.05) is 6.42 Å². The predicted octanol–water partition coefficient (Wildman–Crippen LogP) is 14.6. The van der Waals surface area contributed by atoms with Crippen LogP contribution in [0.4, 0.5) is 0 Å². The van der Waals surface area contributed by atoms with E-state index >= 15 is 0 Å². The summed E-state index contributed by atoms with van der Waals surface area (Å²) >= 11 is 0. The molecule has 436 valence electrons. The molecule has 8 unspecified atom stereocenters. The Labute approximate surface area is 458 Å². The molecule has 0 aromatic carbocycles. The standard InChI is InChI=1S/C64H115NO10/c1-4-7-10-13-16-19-22-25-26-27-28-29-30-31-32-34-37-40-43-46-49-52-59(69)75-62-61(71)60(70)58(53-66)74-64(62)73-54-55(56(67)50-47-44-41-38-36-33-23-20-17-14-11-8-5-2)65-63(72)57(68)51-48-45-42-39-35-24-21-18-15-12-9-6-3/h16,19,25-26,28-29,31-32,47,50,55-58,60-62,64,66-68,70-71H,4-15,17-18,20-24,27,30,33-46,48-49,51-54H2,1-3H3,(H,65,72)/b19-16-,26-25-,29-28-,32-31-,50-47+. The molecule has 1 aliphatic rings. The highest BCUT2D eigenvalue weighted by Gasteiger charge is 2.47. The molecule has 0 aliphatic carbocycles. The molecule has 11 nitrogen and oxygen atoms in total. The molecule has 11 heteroatoms. The molecule has 1 heterocycles. The van der Waals surface area contributed by atoms with Gasteiger partial charge in [-0.3, -0.25) is 9.59 Å². The van der Waals surface area contributed by atoms with Crippen molar-refractivity contribution in [3.05, 3.63) is 60.8 Å². The molecule has 0 spiro atoms. The molecule has 1 amide bonds. The maximum absolute atomic E-state index is 13.4. The number of carbonyl (C=O) groups excluding carboxylic acids is 2. The number of hydrogen-bond acceptors (Lipinski definition) is 10. The molecule has 1 rings (SSSR count). The zero-order valence-electron chi connectivity index (χ0n) is 48.2. The number of rotatable bonds is 52. The van der Waals surface area contributed by atoms with Crippen LogP contribution >= 0.6 is 0 Å². The van der Waals surface area contributed by atoms with Gasteiger partial charge < -0.3 is 45.1 Å². The second kappa shape index (κ2) is 52.1. The van der Waals surface area contributed by atoms with E-state index in [1.165, 1.54) is 135 Å². The number of esters is 1. The number of aliphatic hydroxyl groups is 5. The summed E-state index contributed by atoms with van der Waals surface area (Å²) in [5, 5.41) is 56.9. The van der Waals surface area contributed by atoms with Gasteiger partial charge in [0.05, 0.1) is 25.4 Å². The zero-order chi connectivity index (χ0) is 54.7. The average molecular weight is 1060 g/mol. The smallest absolute Gasteiger partial charge is 0.306 e. The second-order valence-electron chi connectivity index (χ2n) is 21.4. The van der Waals surface area contributed by atoms with Gasteiger partial charge in [0.2, 0.25) is 5.91 Å². The van der Waals surface area contributed by atoms with Crippen molar-refractivity contribution < 1.29 is 49.3 Å². The van der Waals surface area contributed by atoms with Crippen LogP contribution in [0.25, 0.3) is 0 Å². The highest BCUT2D eigenvalue weighted by atomic mass is 16.7. The van der Waals surface area contributed by atoms with Crippen molar-refractivity contribution in [3.63, 3.8) is 0 Å². The van der Waals surface area contributed by atoms with Crippen molar-refractivity contribution in [1.29, 1.82) is 0 Å². The fourth-order valence-corrected chi connectivity index (χ4v) is 9.46. The third-order valence-electron chi connectivity index (χ3n) is 14.4. The van der Waals surface area contributed by atoms with E-state index in [0.29, 0.717) is 19.3 Å². The average Bonchev–Trinajstić information content (AvgIpc) is 3.41. The van der Waals surface area contributed by atoms with E-state index in [0.717, 1.165) is 89.9 Å². The minimum Gasteiger partial charge on any atom is -0.454 e. The molecule has 1 saturated heterocycles. The van der Waals surface area contributed by atoms with Gasteiger partial charge in [-0.1, -0.05) is 255 Å². The van der Waals surface area contributed by atoms with Gasteiger partial charge in [-0.2, -0.15) is 0 Å². The fraction of sp³-hybridized carbons (Fsp3) is 0.812. The van der Waals surface area contributed by atoms with Gasteiger partial charge >= 0.3 is 5.97 Å². The Bertz CT molecular complexity index is 1450. The number of nitrogens with one attached hydrogen (secondary N) is 1. The van der Waals surface area contributed by atoms with E-state index in [2.05, 4.69) is 74.7 Å². The monoisotopic (exact) mass is 1060 g/mol. The summed E-state index contributed by atoms with van der Waals surface area (Å²) < 4.78 is 17.6. The molecule has 75 heavy (non-hydrogen) atoms. The summed E-state index contributed by atoms with van der Waals surface area (Å²) in [6.45, 7) is 5.75. The molecular formula is C64H115NO10. The Balaban J connectivity index is 2.68. The lowest BCUT2D eigenvalue weighted by molar-refractivity contribution is -0.305. The van der Waals surface area contributed by atoms with Crippen molar-refractivity contribution in [2.75, 3.05) is 13.2 Å². The first-order valence-electron chi connectivity index (χ1n) is 31.1. The summed E-state index contributed by atoms with van der Waals surface area (Å²) in [6, 6.07) is -1.03. The van der Waals surface area contributed by atoms with Crippen LogP contribution in [0.2, 0.25) is 0 Å². The highest BCUT2D eigenvalue weighted by molar-refractivity contribution is 5.80. The van der Waals surface area contributed by atoms with E-state index in [1.54, 1.807) is 6.08 Å². The molecule has 0 bridgehead atoms. The van der Waals surface area contributed by atoms with Gasteiger partial charge in [0.1, 0.15) is 24.4 Å². The first-order valence-corrected chi connectivity index (χ1v) is 31.1. The Morgan fingerprint density at radius 3 is 1.40 bits per heavy atom. The predicted molar refractivity (Wildman–Crippen MR) is 310 cm³/mol. The van der Waals surface area contributed by atoms with E-state index in [4.69, 9.17) is 14.2 Å². The third kappa shape index (κ3) is 40.2. The first-order chi connectivity index (χ1) is 36.7. The number of carbonyl (C=O) groups is 2. The summed E-state index contributed by atoms with van der Waals surface area (Å²) in [5.74, 6) is -1.21. The van der Waals surface area contributed by atoms with Crippen LogP contribution in [0.1, 0.15) is 271 Å². The molecule has 6 N–H and O–H groups in total. The SMILES string of the molecule is CCCCC/C=C\C/C=C\C/C=C\C/C=C\CCCCCCCC(=O)OC1C(OCC(NC(=O)C(O)CCCCCCCCCCCCCC)C(O)/C=C/CCCCCCCCCCCCC)OC(CO)C(O)C1O.